The molecule has 1 saturated heterocycles. The van der Waals surface area contributed by atoms with Crippen LogP contribution in [0.2, 0.25) is 5.02 Å². The first-order valence-electron chi connectivity index (χ1n) is 8.59. The van der Waals surface area contributed by atoms with E-state index in [1.54, 1.807) is 47.0 Å². The molecule has 0 radical (unpaired) electrons. The van der Waals surface area contributed by atoms with E-state index in [9.17, 15) is 4.79 Å². The van der Waals surface area contributed by atoms with Crippen LogP contribution in [0, 0.1) is 0 Å². The second-order valence-electron chi connectivity index (χ2n) is 6.02. The molecule has 1 aliphatic heterocycles. The van der Waals surface area contributed by atoms with E-state index in [-0.39, 0.29) is 5.78 Å². The second kappa shape index (κ2) is 7.98. The number of thioether (sulfide) groups is 1. The Bertz CT molecular complexity index is 955. The molecule has 0 amide bonds. The molecule has 0 bridgehead atoms. The lowest BCUT2D eigenvalue weighted by Gasteiger charge is -2.32. The third-order valence-electron chi connectivity index (χ3n) is 4.25. The van der Waals surface area contributed by atoms with E-state index in [1.807, 2.05) is 18.2 Å². The summed E-state index contributed by atoms with van der Waals surface area (Å²) in [5.41, 5.74) is 2.13. The van der Waals surface area contributed by atoms with Crippen LogP contribution in [-0.4, -0.2) is 32.8 Å². The number of aromatic nitrogens is 3. The van der Waals surface area contributed by atoms with Crippen molar-refractivity contribution >= 4 is 40.5 Å². The smallest absolute Gasteiger partial charge is 0.214 e. The fourth-order valence-electron chi connectivity index (χ4n) is 2.98. The van der Waals surface area contributed by atoms with Crippen LogP contribution in [0.15, 0.2) is 72.3 Å². The summed E-state index contributed by atoms with van der Waals surface area (Å²) in [6.07, 6.45) is 4.05. The van der Waals surface area contributed by atoms with Gasteiger partial charge in [-0.1, -0.05) is 29.8 Å². The first-order valence-corrected chi connectivity index (χ1v) is 9.95. The van der Waals surface area contributed by atoms with Gasteiger partial charge in [-0.25, -0.2) is 9.67 Å². The Kier molecular flexibility index (Phi) is 5.27. The third-order valence-corrected chi connectivity index (χ3v) is 5.68. The number of ketones is 1. The summed E-state index contributed by atoms with van der Waals surface area (Å²) in [6.45, 7) is 0.846. The van der Waals surface area contributed by atoms with Gasteiger partial charge in [-0.05, 0) is 42.8 Å². The Morgan fingerprint density at radius 2 is 1.85 bits per heavy atom. The van der Waals surface area contributed by atoms with Crippen molar-refractivity contribution in [2.45, 2.75) is 6.42 Å². The monoisotopic (exact) mass is 396 g/mol. The van der Waals surface area contributed by atoms with Crippen LogP contribution in [0.25, 0.3) is 5.70 Å². The Labute approximate surface area is 166 Å². The summed E-state index contributed by atoms with van der Waals surface area (Å²) in [5.74, 6) is 0.840. The number of carbonyl (C=O) groups excluding carboxylic acids is 1. The molecular weight excluding hydrogens is 380 g/mol. The minimum atomic E-state index is -0.109. The molecule has 1 aromatic heterocycles. The van der Waals surface area contributed by atoms with Gasteiger partial charge in [0.15, 0.2) is 0 Å². The van der Waals surface area contributed by atoms with Gasteiger partial charge in [0.05, 0.1) is 0 Å². The Hall–Kier alpha value is -2.57. The molecular formula is C20H17ClN4OS. The average Bonchev–Trinajstić information content (AvgIpc) is 3.24. The van der Waals surface area contributed by atoms with Gasteiger partial charge in [0.1, 0.15) is 23.4 Å². The van der Waals surface area contributed by atoms with Crippen LogP contribution >= 0.6 is 23.4 Å². The zero-order valence-electron chi connectivity index (χ0n) is 14.5. The summed E-state index contributed by atoms with van der Waals surface area (Å²) in [7, 11) is 0. The predicted molar refractivity (Wildman–Crippen MR) is 110 cm³/mol. The number of allylic oxidation sites excluding steroid dienone is 1. The maximum Gasteiger partial charge on any atom is 0.214 e. The lowest BCUT2D eigenvalue weighted by molar-refractivity contribution is 0.104. The molecule has 0 aliphatic carbocycles. The highest BCUT2D eigenvalue weighted by atomic mass is 35.5. The molecule has 27 heavy (non-hydrogen) atoms. The zero-order valence-corrected chi connectivity index (χ0v) is 16.0. The number of nitrogens with zero attached hydrogens (tertiary/aromatic N) is 4. The Morgan fingerprint density at radius 3 is 2.56 bits per heavy atom. The Morgan fingerprint density at radius 1 is 1.07 bits per heavy atom. The molecule has 0 atom stereocenters. The van der Waals surface area contributed by atoms with Crippen molar-refractivity contribution in [3.8, 4) is 0 Å². The van der Waals surface area contributed by atoms with Gasteiger partial charge in [0.2, 0.25) is 5.78 Å². The molecule has 4 rings (SSSR count). The summed E-state index contributed by atoms with van der Waals surface area (Å²) >= 11 is 7.65. The Balaban J connectivity index is 1.85. The highest BCUT2D eigenvalue weighted by molar-refractivity contribution is 8.03. The summed E-state index contributed by atoms with van der Waals surface area (Å²) in [6, 6.07) is 17.0. The van der Waals surface area contributed by atoms with Crippen LogP contribution in [0.1, 0.15) is 16.8 Å². The van der Waals surface area contributed by atoms with Crippen LogP contribution in [0.5, 0.6) is 0 Å². The molecule has 5 nitrogen and oxygen atoms in total. The molecule has 0 saturated carbocycles. The molecule has 1 fully saturated rings. The molecule has 2 aromatic carbocycles. The van der Waals surface area contributed by atoms with E-state index >= 15 is 0 Å². The lowest BCUT2D eigenvalue weighted by Crippen LogP contribution is -2.30. The van der Waals surface area contributed by atoms with Gasteiger partial charge in [0.25, 0.3) is 0 Å². The van der Waals surface area contributed by atoms with E-state index in [1.165, 1.54) is 6.33 Å². The van der Waals surface area contributed by atoms with Gasteiger partial charge in [-0.15, -0.1) is 11.8 Å². The van der Waals surface area contributed by atoms with Crippen molar-refractivity contribution < 1.29 is 4.79 Å². The molecule has 2 heterocycles. The minimum Gasteiger partial charge on any atom is -0.334 e. The second-order valence-corrected chi connectivity index (χ2v) is 7.54. The van der Waals surface area contributed by atoms with Crippen molar-refractivity contribution in [1.29, 1.82) is 0 Å². The van der Waals surface area contributed by atoms with E-state index < -0.39 is 0 Å². The highest BCUT2D eigenvalue weighted by Gasteiger charge is 2.27. The fourth-order valence-corrected chi connectivity index (χ4v) is 4.25. The third kappa shape index (κ3) is 3.77. The number of hydrogen-bond acceptors (Lipinski definition) is 5. The largest absolute Gasteiger partial charge is 0.334 e. The first kappa shape index (κ1) is 17.8. The van der Waals surface area contributed by atoms with Crippen LogP contribution in [0.3, 0.4) is 0 Å². The van der Waals surface area contributed by atoms with Crippen molar-refractivity contribution in [2.75, 3.05) is 17.2 Å². The van der Waals surface area contributed by atoms with Gasteiger partial charge in [-0.2, -0.15) is 5.10 Å². The molecule has 3 aromatic rings. The van der Waals surface area contributed by atoms with E-state index in [4.69, 9.17) is 11.6 Å². The summed E-state index contributed by atoms with van der Waals surface area (Å²) in [4.78, 5) is 19.6. The first-order chi connectivity index (χ1) is 13.2. The van der Waals surface area contributed by atoms with Crippen molar-refractivity contribution in [3.63, 3.8) is 0 Å². The van der Waals surface area contributed by atoms with Crippen LogP contribution < -0.4 is 4.90 Å². The maximum atomic E-state index is 13.4. The van der Waals surface area contributed by atoms with E-state index in [0.29, 0.717) is 16.3 Å². The van der Waals surface area contributed by atoms with Crippen molar-refractivity contribution in [2.24, 2.45) is 0 Å². The number of rotatable bonds is 4. The van der Waals surface area contributed by atoms with Gasteiger partial charge < -0.3 is 4.90 Å². The topological polar surface area (TPSA) is 51.0 Å². The number of halogens is 1. The van der Waals surface area contributed by atoms with Crippen molar-refractivity contribution in [1.82, 2.24) is 14.8 Å². The average molecular weight is 397 g/mol. The van der Waals surface area contributed by atoms with Gasteiger partial charge in [0, 0.05) is 28.6 Å². The summed E-state index contributed by atoms with van der Waals surface area (Å²) in [5, 5.41) is 5.73. The molecule has 136 valence electrons. The van der Waals surface area contributed by atoms with Crippen LogP contribution in [0.4, 0.5) is 5.69 Å². The van der Waals surface area contributed by atoms with E-state index in [0.717, 1.165) is 29.4 Å². The number of carbonyl (C=O) groups is 1. The molecule has 7 heteroatoms. The number of Topliss-reactive ketones (excluding diaryl/α,β-unsaturated/α-hetero) is 1. The number of hydrogen-bond donors (Lipinski definition) is 0. The standard InChI is InChI=1S/C20H17ClN4OS/c21-16-9-7-15(8-10-16)19(26)18(25-14-22-13-23-25)20-24(11-4-12-27-20)17-5-2-1-3-6-17/h1-3,5-10,13-14H,4,11-12H2/b20-18-. The SMILES string of the molecule is O=C(/C(=C1/SCCCN1c1ccccc1)n1cncn1)c1ccc(Cl)cc1. The highest BCUT2D eigenvalue weighted by Crippen LogP contribution is 2.36. The number of benzene rings is 2. The fraction of sp³-hybridized carbons (Fsp3) is 0.150. The number of para-hydroxylation sites is 1. The normalized spacial score (nSPS) is 16.3. The predicted octanol–water partition coefficient (Wildman–Crippen LogP) is 4.58. The van der Waals surface area contributed by atoms with Gasteiger partial charge in [-0.3, -0.25) is 4.79 Å². The van der Waals surface area contributed by atoms with E-state index in [2.05, 4.69) is 27.1 Å². The van der Waals surface area contributed by atoms with Crippen LogP contribution in [-0.2, 0) is 0 Å². The summed E-state index contributed by atoms with van der Waals surface area (Å²) < 4.78 is 1.56. The molecule has 0 unspecified atom stereocenters. The quantitative estimate of drug-likeness (QED) is 0.477. The molecule has 0 N–H and O–H groups in total. The minimum absolute atomic E-state index is 0.109. The zero-order chi connectivity index (χ0) is 18.6. The van der Waals surface area contributed by atoms with Crippen molar-refractivity contribution in [3.05, 3.63) is 82.9 Å². The number of anilines is 1. The molecule has 1 aliphatic rings. The lowest BCUT2D eigenvalue weighted by atomic mass is 10.1. The maximum absolute atomic E-state index is 13.4. The van der Waals surface area contributed by atoms with Gasteiger partial charge >= 0.3 is 0 Å². The molecule has 0 spiro atoms.